The van der Waals surface area contributed by atoms with Gasteiger partial charge in [0.05, 0.1) is 12.1 Å². The highest BCUT2D eigenvalue weighted by Crippen LogP contribution is 2.25. The van der Waals surface area contributed by atoms with Crippen molar-refractivity contribution < 1.29 is 13.9 Å². The number of rotatable bonds is 3. The van der Waals surface area contributed by atoms with Gasteiger partial charge in [0.2, 0.25) is 0 Å². The van der Waals surface area contributed by atoms with Crippen LogP contribution in [0, 0.1) is 0 Å². The maximum atomic E-state index is 12.6. The van der Waals surface area contributed by atoms with Crippen LogP contribution in [0.1, 0.15) is 6.42 Å². The number of halogens is 1. The summed E-state index contributed by atoms with van der Waals surface area (Å²) in [5.41, 5.74) is 0.888. The molecule has 4 rings (SSSR count). The minimum absolute atomic E-state index is 0.274. The van der Waals surface area contributed by atoms with Crippen LogP contribution in [0.25, 0.3) is 10.9 Å². The number of hydrogen-bond donors (Lipinski definition) is 0. The maximum Gasteiger partial charge on any atom is 0.415 e. The van der Waals surface area contributed by atoms with E-state index in [0.717, 1.165) is 43.5 Å². The molecule has 0 saturated carbocycles. The molecule has 2 aliphatic rings. The third-order valence-corrected chi connectivity index (χ3v) is 4.86. The number of aryl methyl sites for hydroxylation is 1. The van der Waals surface area contributed by atoms with Crippen LogP contribution in [0.3, 0.4) is 0 Å². The summed E-state index contributed by atoms with van der Waals surface area (Å²) in [5.74, 6) is 0.515. The molecule has 1 aromatic heterocycles. The minimum Gasteiger partial charge on any atom is -0.410 e. The van der Waals surface area contributed by atoms with Crippen molar-refractivity contribution in [2.75, 3.05) is 32.9 Å². The summed E-state index contributed by atoms with van der Waals surface area (Å²) in [7, 11) is 0. The lowest BCUT2D eigenvalue weighted by Crippen LogP contribution is -2.50. The molecular weight excluding hydrogens is 297 g/mol. The molecular formula is C17H20FN3O2. The van der Waals surface area contributed by atoms with E-state index in [4.69, 9.17) is 4.74 Å². The summed E-state index contributed by atoms with van der Waals surface area (Å²) < 4.78 is 20.0. The highest BCUT2D eigenvalue weighted by atomic mass is 19.1. The van der Waals surface area contributed by atoms with Crippen molar-refractivity contribution in [3.05, 3.63) is 30.5 Å². The van der Waals surface area contributed by atoms with E-state index in [1.807, 2.05) is 33.9 Å². The summed E-state index contributed by atoms with van der Waals surface area (Å²) in [5, 5.41) is 1.02. The SMILES string of the molecule is O=C(Oc1ccc2ccn(CCF)c2c1)N1CCN2CCC1C2. The van der Waals surface area contributed by atoms with Gasteiger partial charge in [-0.3, -0.25) is 4.90 Å². The minimum atomic E-state index is -0.417. The molecule has 2 aliphatic heterocycles. The van der Waals surface area contributed by atoms with Crippen molar-refractivity contribution in [1.29, 1.82) is 0 Å². The molecule has 1 aromatic carbocycles. The van der Waals surface area contributed by atoms with E-state index in [9.17, 15) is 9.18 Å². The first-order chi connectivity index (χ1) is 11.2. The van der Waals surface area contributed by atoms with Crippen molar-refractivity contribution in [3.63, 3.8) is 0 Å². The van der Waals surface area contributed by atoms with Crippen molar-refractivity contribution in [1.82, 2.24) is 14.4 Å². The van der Waals surface area contributed by atoms with E-state index in [-0.39, 0.29) is 12.1 Å². The highest BCUT2D eigenvalue weighted by molar-refractivity contribution is 5.82. The lowest BCUT2D eigenvalue weighted by molar-refractivity contribution is 0.109. The van der Waals surface area contributed by atoms with Gasteiger partial charge in [-0.1, -0.05) is 0 Å². The van der Waals surface area contributed by atoms with Crippen LogP contribution in [-0.4, -0.2) is 59.4 Å². The summed E-state index contributed by atoms with van der Waals surface area (Å²) in [6.07, 6.45) is 2.60. The molecule has 3 heterocycles. The molecule has 0 spiro atoms. The van der Waals surface area contributed by atoms with Gasteiger partial charge in [-0.15, -0.1) is 0 Å². The second kappa shape index (κ2) is 5.85. The number of alkyl halides is 1. The number of carbonyl (C=O) groups excluding carboxylic acids is 1. The van der Waals surface area contributed by atoms with Crippen LogP contribution >= 0.6 is 0 Å². The van der Waals surface area contributed by atoms with Crippen LogP contribution in [0.5, 0.6) is 5.75 Å². The average Bonchev–Trinajstić information content (AvgIpc) is 3.12. The first kappa shape index (κ1) is 14.5. The number of hydrogen-bond acceptors (Lipinski definition) is 3. The second-order valence-electron chi connectivity index (χ2n) is 6.22. The Balaban J connectivity index is 1.52. The van der Waals surface area contributed by atoms with Gasteiger partial charge in [-0.25, -0.2) is 9.18 Å². The van der Waals surface area contributed by atoms with Gasteiger partial charge in [0.1, 0.15) is 12.4 Å². The predicted octanol–water partition coefficient (Wildman–Crippen LogP) is 2.50. The molecule has 0 N–H and O–H groups in total. The lowest BCUT2D eigenvalue weighted by atomic mass is 10.2. The third-order valence-electron chi connectivity index (χ3n) is 4.86. The highest BCUT2D eigenvalue weighted by Gasteiger charge is 2.36. The molecule has 23 heavy (non-hydrogen) atoms. The smallest absolute Gasteiger partial charge is 0.410 e. The van der Waals surface area contributed by atoms with E-state index < -0.39 is 6.67 Å². The van der Waals surface area contributed by atoms with Crippen LogP contribution in [0.2, 0.25) is 0 Å². The lowest BCUT2D eigenvalue weighted by Gasteiger charge is -2.33. The number of aromatic nitrogens is 1. The van der Waals surface area contributed by atoms with E-state index >= 15 is 0 Å². The number of carbonyl (C=O) groups is 1. The van der Waals surface area contributed by atoms with Crippen LogP contribution in [-0.2, 0) is 6.54 Å². The van der Waals surface area contributed by atoms with Gasteiger partial charge in [-0.2, -0.15) is 0 Å². The van der Waals surface area contributed by atoms with E-state index in [1.165, 1.54) is 0 Å². The largest absolute Gasteiger partial charge is 0.415 e. The third kappa shape index (κ3) is 2.67. The van der Waals surface area contributed by atoms with Crippen molar-refractivity contribution in [2.24, 2.45) is 0 Å². The molecule has 1 amide bonds. The number of piperazine rings is 1. The average molecular weight is 317 g/mol. The van der Waals surface area contributed by atoms with Crippen LogP contribution < -0.4 is 4.74 Å². The zero-order valence-electron chi connectivity index (χ0n) is 12.9. The first-order valence-corrected chi connectivity index (χ1v) is 8.10. The molecule has 2 bridgehead atoms. The number of amides is 1. The fraction of sp³-hybridized carbons (Fsp3) is 0.471. The maximum absolute atomic E-state index is 12.6. The van der Waals surface area contributed by atoms with Gasteiger partial charge in [0, 0.05) is 44.5 Å². The molecule has 2 unspecified atom stereocenters. The Kier molecular flexibility index (Phi) is 3.69. The van der Waals surface area contributed by atoms with E-state index in [0.29, 0.717) is 12.3 Å². The molecule has 2 aromatic rings. The van der Waals surface area contributed by atoms with Gasteiger partial charge >= 0.3 is 6.09 Å². The fourth-order valence-electron chi connectivity index (χ4n) is 3.61. The monoisotopic (exact) mass is 317 g/mol. The standard InChI is InChI=1S/C17H20FN3O2/c18-5-8-20-7-3-13-1-2-15(11-16(13)20)23-17(22)21-10-9-19-6-4-14(21)12-19/h1-3,7,11,14H,4-6,8-10,12H2. The second-order valence-corrected chi connectivity index (χ2v) is 6.22. The number of ether oxygens (including phenoxy) is 1. The van der Waals surface area contributed by atoms with Gasteiger partial charge in [0.25, 0.3) is 0 Å². The first-order valence-electron chi connectivity index (χ1n) is 8.10. The van der Waals surface area contributed by atoms with Gasteiger partial charge < -0.3 is 14.2 Å². The zero-order chi connectivity index (χ0) is 15.8. The molecule has 2 saturated heterocycles. The Hall–Kier alpha value is -2.08. The molecule has 6 heteroatoms. The van der Waals surface area contributed by atoms with E-state index in [2.05, 4.69) is 4.90 Å². The fourth-order valence-corrected chi connectivity index (χ4v) is 3.61. The Bertz CT molecular complexity index is 730. The Morgan fingerprint density at radius 1 is 1.26 bits per heavy atom. The molecule has 5 nitrogen and oxygen atoms in total. The molecule has 122 valence electrons. The van der Waals surface area contributed by atoms with Crippen molar-refractivity contribution in [2.45, 2.75) is 19.0 Å². The Morgan fingerprint density at radius 3 is 3.04 bits per heavy atom. The zero-order valence-corrected chi connectivity index (χ0v) is 12.9. The summed E-state index contributed by atoms with van der Waals surface area (Å²) in [6.45, 7) is 3.56. The summed E-state index contributed by atoms with van der Waals surface area (Å²) >= 11 is 0. The quantitative estimate of drug-likeness (QED) is 0.873. The van der Waals surface area contributed by atoms with Gasteiger partial charge in [-0.05, 0) is 30.0 Å². The van der Waals surface area contributed by atoms with Crippen LogP contribution in [0.15, 0.2) is 30.5 Å². The van der Waals surface area contributed by atoms with Crippen molar-refractivity contribution >= 4 is 17.0 Å². The van der Waals surface area contributed by atoms with Crippen molar-refractivity contribution in [3.8, 4) is 5.75 Å². The van der Waals surface area contributed by atoms with E-state index in [1.54, 1.807) is 6.07 Å². The topological polar surface area (TPSA) is 37.7 Å². The Morgan fingerprint density at radius 2 is 2.17 bits per heavy atom. The number of benzene rings is 1. The molecule has 2 fully saturated rings. The number of fused-ring (bicyclic) bond motifs is 3. The van der Waals surface area contributed by atoms with Gasteiger partial charge in [0.15, 0.2) is 0 Å². The number of nitrogens with zero attached hydrogens (tertiary/aromatic N) is 3. The summed E-state index contributed by atoms with van der Waals surface area (Å²) in [4.78, 5) is 16.7. The Labute approximate surface area is 134 Å². The molecule has 0 radical (unpaired) electrons. The molecule has 0 aliphatic carbocycles. The summed E-state index contributed by atoms with van der Waals surface area (Å²) in [6, 6.07) is 7.73. The normalized spacial score (nSPS) is 23.4. The molecule has 2 atom stereocenters. The van der Waals surface area contributed by atoms with Crippen LogP contribution in [0.4, 0.5) is 9.18 Å². The predicted molar refractivity (Wildman–Crippen MR) is 85.5 cm³/mol.